The Hall–Kier alpha value is -3.70. The van der Waals surface area contributed by atoms with Gasteiger partial charge in [0.2, 0.25) is 0 Å². The molecule has 0 radical (unpaired) electrons. The van der Waals surface area contributed by atoms with Gasteiger partial charge in [0, 0.05) is 5.41 Å². The number of aliphatic imine (C=N–C) groups is 2. The van der Waals surface area contributed by atoms with Gasteiger partial charge in [-0.25, -0.2) is 4.99 Å². The van der Waals surface area contributed by atoms with Crippen LogP contribution in [0.2, 0.25) is 0 Å². The lowest BCUT2D eigenvalue weighted by Gasteiger charge is -2.22. The normalized spacial score (nSPS) is 12.6. The molecular weight excluding hydrogens is 390 g/mol. The van der Waals surface area contributed by atoms with E-state index in [1.54, 1.807) is 0 Å². The Morgan fingerprint density at radius 1 is 0.935 bits per heavy atom. The van der Waals surface area contributed by atoms with Gasteiger partial charge in [0.15, 0.2) is 0 Å². The molecule has 0 fully saturated rings. The van der Waals surface area contributed by atoms with E-state index in [2.05, 4.69) is 33.3 Å². The predicted octanol–water partition coefficient (Wildman–Crippen LogP) is 4.19. The minimum atomic E-state index is -0.680. The molecule has 1 aromatic carbocycles. The number of benzene rings is 1. The van der Waals surface area contributed by atoms with Crippen molar-refractivity contribution in [3.05, 3.63) is 34.9 Å². The van der Waals surface area contributed by atoms with Crippen LogP contribution in [0.15, 0.2) is 33.3 Å². The molecule has 1 aromatic rings. The molecule has 0 bridgehead atoms. The summed E-state index contributed by atoms with van der Waals surface area (Å²) in [5.41, 5.74) is 6.45. The minimum Gasteiger partial charge on any atom is -0.411 e. The van der Waals surface area contributed by atoms with Gasteiger partial charge >= 0.3 is 0 Å². The van der Waals surface area contributed by atoms with Crippen LogP contribution < -0.4 is 5.73 Å². The highest BCUT2D eigenvalue weighted by Gasteiger charge is 2.26. The summed E-state index contributed by atoms with van der Waals surface area (Å²) >= 11 is 0. The lowest BCUT2D eigenvalue weighted by Crippen LogP contribution is -2.19. The molecule has 0 amide bonds. The van der Waals surface area contributed by atoms with Gasteiger partial charge in [-0.3, -0.25) is 4.99 Å². The maximum atomic E-state index is 9.41. The molecule has 0 aliphatic heterocycles. The van der Waals surface area contributed by atoms with Crippen molar-refractivity contribution in [2.75, 3.05) is 0 Å². The number of amidine groups is 1. The van der Waals surface area contributed by atoms with E-state index in [0.29, 0.717) is 6.54 Å². The van der Waals surface area contributed by atoms with Gasteiger partial charge in [0.1, 0.15) is 18.4 Å². The molecule has 1 rings (SSSR count). The number of hydrogen-bond acceptors (Lipinski definition) is 6. The topological polar surface area (TPSA) is 155 Å². The Bertz CT molecular complexity index is 915. The van der Waals surface area contributed by atoms with Crippen molar-refractivity contribution in [1.82, 2.24) is 0 Å². The first-order valence-electron chi connectivity index (χ1n) is 9.60. The van der Waals surface area contributed by atoms with Gasteiger partial charge in [-0.1, -0.05) is 23.4 Å². The van der Waals surface area contributed by atoms with Gasteiger partial charge in [0.05, 0.1) is 35.6 Å². The maximum Gasteiger partial charge on any atom is 0.147 e. The van der Waals surface area contributed by atoms with E-state index >= 15 is 0 Å². The van der Waals surface area contributed by atoms with Crippen LogP contribution in [0, 0.1) is 39.4 Å². The molecule has 164 valence electrons. The highest BCUT2D eigenvalue weighted by molar-refractivity contribution is 6.29. The summed E-state index contributed by atoms with van der Waals surface area (Å²) in [6.07, 6.45) is 2.27. The van der Waals surface area contributed by atoms with E-state index in [1.807, 2.05) is 66.7 Å². The van der Waals surface area contributed by atoms with E-state index in [-0.39, 0.29) is 11.3 Å². The van der Waals surface area contributed by atoms with Crippen molar-refractivity contribution in [2.24, 2.45) is 26.3 Å². The minimum absolute atomic E-state index is 0.0249. The third kappa shape index (κ3) is 10.1. The van der Waals surface area contributed by atoms with Crippen molar-refractivity contribution in [3.63, 3.8) is 0 Å². The average Bonchev–Trinajstić information content (AvgIpc) is 2.71. The fourth-order valence-electron chi connectivity index (χ4n) is 1.98. The summed E-state index contributed by atoms with van der Waals surface area (Å²) in [6, 6.07) is 12.4. The molecule has 0 aromatic heterocycles. The van der Waals surface area contributed by atoms with Crippen molar-refractivity contribution in [1.29, 1.82) is 15.8 Å². The molecule has 0 spiro atoms. The molecular formula is C23H31N7O. The van der Waals surface area contributed by atoms with E-state index in [1.165, 1.54) is 6.34 Å². The first-order valence-corrected chi connectivity index (χ1v) is 9.60. The van der Waals surface area contributed by atoms with Gasteiger partial charge < -0.3 is 10.9 Å². The number of nitrogens with zero attached hydrogens (tertiary/aromatic N) is 6. The fourth-order valence-corrected chi connectivity index (χ4v) is 1.98. The number of nitrogens with two attached hydrogens (primary N) is 1. The van der Waals surface area contributed by atoms with Crippen molar-refractivity contribution >= 4 is 18.4 Å². The van der Waals surface area contributed by atoms with Gasteiger partial charge in [-0.2, -0.15) is 15.8 Å². The van der Waals surface area contributed by atoms with Gasteiger partial charge in [-0.05, 0) is 65.2 Å². The van der Waals surface area contributed by atoms with Crippen LogP contribution in [0.25, 0.3) is 0 Å². The van der Waals surface area contributed by atoms with Crippen LogP contribution in [0.1, 0.15) is 65.2 Å². The molecule has 0 unspecified atom stereocenters. The average molecular weight is 422 g/mol. The second-order valence-electron chi connectivity index (χ2n) is 9.01. The Kier molecular flexibility index (Phi) is 10.1. The van der Waals surface area contributed by atoms with E-state index in [0.717, 1.165) is 22.9 Å². The number of oxime groups is 1. The third-order valence-electron chi connectivity index (χ3n) is 4.08. The number of rotatable bonds is 6. The Balaban J connectivity index is 0.00000131. The van der Waals surface area contributed by atoms with Gasteiger partial charge in [-0.15, -0.1) is 0 Å². The zero-order valence-corrected chi connectivity index (χ0v) is 19.3. The summed E-state index contributed by atoms with van der Waals surface area (Å²) in [5, 5.41) is 38.1. The Morgan fingerprint density at radius 2 is 1.39 bits per heavy atom. The quantitative estimate of drug-likeness (QED) is 0.305. The van der Waals surface area contributed by atoms with Crippen LogP contribution in [0.5, 0.6) is 0 Å². The maximum absolute atomic E-state index is 9.41. The highest BCUT2D eigenvalue weighted by Crippen LogP contribution is 2.30. The standard InChI is InChI=1S/C18H22N6O.C5H9N/c1-17(2,10-19)14-5-13(6-15(7-14)18(3,4)11-20)8-22-12-23-16(21)9-24-25;1-5(2,3)4-6/h5-7,9,12,25H,8H2,1-4H3,(H2,21,22,23);1-3H3/b24-9+;. The zero-order valence-electron chi connectivity index (χ0n) is 19.3. The van der Waals surface area contributed by atoms with E-state index in [4.69, 9.17) is 16.2 Å². The molecule has 0 atom stereocenters. The summed E-state index contributed by atoms with van der Waals surface area (Å²) in [7, 11) is 0. The fraction of sp³-hybridized carbons (Fsp3) is 0.478. The van der Waals surface area contributed by atoms with E-state index in [9.17, 15) is 10.5 Å². The highest BCUT2D eigenvalue weighted by atomic mass is 16.4. The second-order valence-corrected chi connectivity index (χ2v) is 9.01. The lowest BCUT2D eigenvalue weighted by atomic mass is 9.79. The molecule has 0 heterocycles. The van der Waals surface area contributed by atoms with Crippen LogP contribution >= 0.6 is 0 Å². The van der Waals surface area contributed by atoms with Crippen LogP contribution in [-0.4, -0.2) is 23.6 Å². The van der Waals surface area contributed by atoms with Crippen molar-refractivity contribution in [2.45, 2.75) is 65.8 Å². The number of nitriles is 3. The largest absolute Gasteiger partial charge is 0.411 e. The van der Waals surface area contributed by atoms with Crippen molar-refractivity contribution < 1.29 is 5.21 Å². The summed E-state index contributed by atoms with van der Waals surface area (Å²) in [6.45, 7) is 13.3. The molecule has 8 nitrogen and oxygen atoms in total. The summed E-state index contributed by atoms with van der Waals surface area (Å²) < 4.78 is 0. The molecule has 3 N–H and O–H groups in total. The van der Waals surface area contributed by atoms with Gasteiger partial charge in [0.25, 0.3) is 0 Å². The monoisotopic (exact) mass is 421 g/mol. The SMILES string of the molecule is CC(C)(C#N)c1cc(CN=CN=C(N)/C=N/O)cc(C(C)(C)C#N)c1.CC(C)(C)C#N. The molecule has 0 saturated carbocycles. The first kappa shape index (κ1) is 27.3. The van der Waals surface area contributed by atoms with Crippen LogP contribution in [0.4, 0.5) is 0 Å². The zero-order chi connectivity index (χ0) is 24.3. The second kappa shape index (κ2) is 11.5. The van der Waals surface area contributed by atoms with E-state index < -0.39 is 10.8 Å². The first-order chi connectivity index (χ1) is 14.2. The Labute approximate surface area is 185 Å². The summed E-state index contributed by atoms with van der Waals surface area (Å²) in [4.78, 5) is 7.95. The number of hydrogen-bond donors (Lipinski definition) is 2. The smallest absolute Gasteiger partial charge is 0.147 e. The molecule has 0 aliphatic carbocycles. The Morgan fingerprint density at radius 3 is 1.74 bits per heavy atom. The van der Waals surface area contributed by atoms with Crippen LogP contribution in [0.3, 0.4) is 0 Å². The predicted molar refractivity (Wildman–Crippen MR) is 123 cm³/mol. The molecule has 0 aliphatic rings. The molecule has 0 saturated heterocycles. The molecule has 31 heavy (non-hydrogen) atoms. The lowest BCUT2D eigenvalue weighted by molar-refractivity contribution is 0.322. The van der Waals surface area contributed by atoms with Crippen molar-refractivity contribution in [3.8, 4) is 18.2 Å². The third-order valence-corrected chi connectivity index (χ3v) is 4.08. The molecule has 8 heteroatoms. The summed E-state index contributed by atoms with van der Waals surface area (Å²) in [5.74, 6) is 0.0249. The van der Waals surface area contributed by atoms with Crippen LogP contribution in [-0.2, 0) is 17.4 Å².